The predicted molar refractivity (Wildman–Crippen MR) is 62.5 cm³/mol. The lowest BCUT2D eigenvalue weighted by atomic mass is 10.3. The van der Waals surface area contributed by atoms with Crippen molar-refractivity contribution in [2.24, 2.45) is 0 Å². The first-order valence-electron chi connectivity index (χ1n) is 4.43. The van der Waals surface area contributed by atoms with Gasteiger partial charge in [-0.2, -0.15) is 0 Å². The molecule has 3 heteroatoms. The van der Waals surface area contributed by atoms with Gasteiger partial charge in [-0.1, -0.05) is 13.3 Å². The molecule has 0 atom stereocenters. The molecule has 0 aliphatic carbocycles. The van der Waals surface area contributed by atoms with Crippen LogP contribution < -0.4 is 5.32 Å². The molecule has 0 amide bonds. The molecule has 0 aromatic heterocycles. The van der Waals surface area contributed by atoms with Crippen molar-refractivity contribution in [2.45, 2.75) is 19.8 Å². The van der Waals surface area contributed by atoms with E-state index in [0.717, 1.165) is 22.2 Å². The van der Waals surface area contributed by atoms with Gasteiger partial charge in [0.1, 0.15) is 5.82 Å². The summed E-state index contributed by atoms with van der Waals surface area (Å²) in [5.41, 5.74) is 1.02. The molecule has 0 saturated heterocycles. The molecule has 0 spiro atoms. The number of benzene rings is 1. The van der Waals surface area contributed by atoms with Gasteiger partial charge < -0.3 is 5.32 Å². The van der Waals surface area contributed by atoms with E-state index in [0.29, 0.717) is 0 Å². The number of anilines is 1. The summed E-state index contributed by atoms with van der Waals surface area (Å²) < 4.78 is 13.6. The fraction of sp³-hybridized carbons (Fsp3) is 0.400. The van der Waals surface area contributed by atoms with Crippen molar-refractivity contribution in [3.63, 3.8) is 0 Å². The van der Waals surface area contributed by atoms with Crippen molar-refractivity contribution in [1.82, 2.24) is 0 Å². The Labute approximate surface area is 91.9 Å². The third kappa shape index (κ3) is 3.50. The van der Waals surface area contributed by atoms with Crippen LogP contribution in [0, 0.1) is 9.39 Å². The average molecular weight is 293 g/mol. The van der Waals surface area contributed by atoms with Gasteiger partial charge in [0.25, 0.3) is 0 Å². The second-order valence-corrected chi connectivity index (χ2v) is 4.07. The average Bonchev–Trinajstić information content (AvgIpc) is 2.09. The van der Waals surface area contributed by atoms with Crippen LogP contribution in [0.4, 0.5) is 10.1 Å². The van der Waals surface area contributed by atoms with Gasteiger partial charge >= 0.3 is 0 Å². The van der Waals surface area contributed by atoms with Crippen LogP contribution in [0.3, 0.4) is 0 Å². The summed E-state index contributed by atoms with van der Waals surface area (Å²) >= 11 is 2.14. The van der Waals surface area contributed by atoms with Gasteiger partial charge in [0.15, 0.2) is 0 Å². The Bertz CT molecular complexity index is 276. The summed E-state index contributed by atoms with van der Waals surface area (Å²) in [5.74, 6) is -0.176. The van der Waals surface area contributed by atoms with Crippen LogP contribution in [0.2, 0.25) is 0 Å². The van der Waals surface area contributed by atoms with Crippen LogP contribution in [0.15, 0.2) is 18.2 Å². The molecule has 0 aliphatic heterocycles. The summed E-state index contributed by atoms with van der Waals surface area (Å²) in [6.07, 6.45) is 2.32. The molecule has 0 aliphatic rings. The molecule has 0 radical (unpaired) electrons. The Morgan fingerprint density at radius 3 is 2.85 bits per heavy atom. The zero-order valence-corrected chi connectivity index (χ0v) is 9.77. The van der Waals surface area contributed by atoms with Crippen molar-refractivity contribution >= 4 is 28.3 Å². The van der Waals surface area contributed by atoms with Crippen molar-refractivity contribution in [2.75, 3.05) is 11.9 Å². The van der Waals surface area contributed by atoms with Gasteiger partial charge in [-0.3, -0.25) is 0 Å². The molecule has 0 saturated carbocycles. The second kappa shape index (κ2) is 5.42. The Morgan fingerprint density at radius 2 is 2.23 bits per heavy atom. The van der Waals surface area contributed by atoms with E-state index in [1.807, 2.05) is 0 Å². The summed E-state index contributed by atoms with van der Waals surface area (Å²) in [7, 11) is 0. The maximum Gasteiger partial charge on any atom is 0.124 e. The molecule has 72 valence electrons. The van der Waals surface area contributed by atoms with Gasteiger partial charge in [0.2, 0.25) is 0 Å². The first kappa shape index (κ1) is 10.8. The predicted octanol–water partition coefficient (Wildman–Crippen LogP) is 3.64. The molecule has 1 aromatic rings. The third-order valence-corrected chi connectivity index (χ3v) is 2.67. The van der Waals surface area contributed by atoms with Gasteiger partial charge in [-0.05, 0) is 47.2 Å². The van der Waals surface area contributed by atoms with Crippen molar-refractivity contribution in [3.8, 4) is 0 Å². The number of unbranched alkanes of at least 4 members (excludes halogenated alkanes) is 1. The Hall–Kier alpha value is -0.320. The zero-order valence-electron chi connectivity index (χ0n) is 7.61. The molecule has 1 rings (SSSR count). The van der Waals surface area contributed by atoms with E-state index >= 15 is 0 Å². The van der Waals surface area contributed by atoms with Crippen LogP contribution in [0.1, 0.15) is 19.8 Å². The molecular weight excluding hydrogens is 280 g/mol. The Morgan fingerprint density at radius 1 is 1.46 bits per heavy atom. The van der Waals surface area contributed by atoms with Crippen LogP contribution in [0.5, 0.6) is 0 Å². The summed E-state index contributed by atoms with van der Waals surface area (Å²) in [6.45, 7) is 3.11. The van der Waals surface area contributed by atoms with Crippen LogP contribution >= 0.6 is 22.6 Å². The molecule has 0 heterocycles. The Kier molecular flexibility index (Phi) is 4.48. The number of nitrogens with one attached hydrogen (secondary N) is 1. The Balaban J connectivity index is 2.56. The number of halogens is 2. The fourth-order valence-electron chi connectivity index (χ4n) is 1.03. The molecule has 1 nitrogen and oxygen atoms in total. The maximum absolute atomic E-state index is 12.7. The SMILES string of the molecule is CCCCNc1ccc(F)cc1I. The zero-order chi connectivity index (χ0) is 9.68. The largest absolute Gasteiger partial charge is 0.384 e. The topological polar surface area (TPSA) is 12.0 Å². The summed E-state index contributed by atoms with van der Waals surface area (Å²) in [4.78, 5) is 0. The molecule has 1 N–H and O–H groups in total. The van der Waals surface area contributed by atoms with Gasteiger partial charge in [0.05, 0.1) is 0 Å². The third-order valence-electron chi connectivity index (χ3n) is 1.78. The number of hydrogen-bond donors (Lipinski definition) is 1. The summed E-state index contributed by atoms with van der Waals surface area (Å²) in [6, 6.07) is 4.80. The first-order valence-corrected chi connectivity index (χ1v) is 5.51. The molecular formula is C10H13FIN. The molecule has 1 aromatic carbocycles. The smallest absolute Gasteiger partial charge is 0.124 e. The minimum absolute atomic E-state index is 0.176. The van der Waals surface area contributed by atoms with Gasteiger partial charge in [0, 0.05) is 15.8 Å². The summed E-state index contributed by atoms with van der Waals surface area (Å²) in [5, 5.41) is 3.27. The monoisotopic (exact) mass is 293 g/mol. The van der Waals surface area contributed by atoms with Crippen molar-refractivity contribution < 1.29 is 4.39 Å². The van der Waals surface area contributed by atoms with E-state index in [-0.39, 0.29) is 5.82 Å². The highest BCUT2D eigenvalue weighted by molar-refractivity contribution is 14.1. The first-order chi connectivity index (χ1) is 6.24. The lowest BCUT2D eigenvalue weighted by Gasteiger charge is -2.07. The van der Waals surface area contributed by atoms with Crippen molar-refractivity contribution in [3.05, 3.63) is 27.6 Å². The van der Waals surface area contributed by atoms with Crippen LogP contribution in [0.25, 0.3) is 0 Å². The number of hydrogen-bond acceptors (Lipinski definition) is 1. The maximum atomic E-state index is 12.7. The minimum Gasteiger partial charge on any atom is -0.384 e. The highest BCUT2D eigenvalue weighted by atomic mass is 127. The highest BCUT2D eigenvalue weighted by Crippen LogP contribution is 2.18. The van der Waals surface area contributed by atoms with E-state index in [2.05, 4.69) is 34.8 Å². The number of rotatable bonds is 4. The molecule has 13 heavy (non-hydrogen) atoms. The van der Waals surface area contributed by atoms with Crippen LogP contribution in [-0.2, 0) is 0 Å². The van der Waals surface area contributed by atoms with Gasteiger partial charge in [-0.15, -0.1) is 0 Å². The quantitative estimate of drug-likeness (QED) is 0.660. The van der Waals surface area contributed by atoms with Gasteiger partial charge in [-0.25, -0.2) is 4.39 Å². The molecule has 0 unspecified atom stereocenters. The standard InChI is InChI=1S/C10H13FIN/c1-2-3-6-13-10-5-4-8(11)7-9(10)12/h4-5,7,13H,2-3,6H2,1H3. The fourth-order valence-corrected chi connectivity index (χ4v) is 1.70. The van der Waals surface area contributed by atoms with Crippen LogP contribution in [-0.4, -0.2) is 6.54 Å². The highest BCUT2D eigenvalue weighted by Gasteiger charge is 1.99. The van der Waals surface area contributed by atoms with E-state index < -0.39 is 0 Å². The second-order valence-electron chi connectivity index (χ2n) is 2.90. The van der Waals surface area contributed by atoms with E-state index in [9.17, 15) is 4.39 Å². The van der Waals surface area contributed by atoms with E-state index in [1.165, 1.54) is 18.6 Å². The normalized spacial score (nSPS) is 10.1. The van der Waals surface area contributed by atoms with Crippen molar-refractivity contribution in [1.29, 1.82) is 0 Å². The van der Waals surface area contributed by atoms with E-state index in [4.69, 9.17) is 0 Å². The lowest BCUT2D eigenvalue weighted by molar-refractivity contribution is 0.627. The minimum atomic E-state index is -0.176. The van der Waals surface area contributed by atoms with E-state index in [1.54, 1.807) is 6.07 Å². The molecule has 0 bridgehead atoms. The lowest BCUT2D eigenvalue weighted by Crippen LogP contribution is -2.02. The molecule has 0 fully saturated rings.